The van der Waals surface area contributed by atoms with Gasteiger partial charge in [0, 0.05) is 38.6 Å². The maximum atomic E-state index is 13.6. The number of piperidine rings is 1. The molecule has 2 aromatic carbocycles. The van der Waals surface area contributed by atoms with Crippen molar-refractivity contribution in [2.75, 3.05) is 26.3 Å². The van der Waals surface area contributed by atoms with Crippen molar-refractivity contribution in [3.05, 3.63) is 53.8 Å². The van der Waals surface area contributed by atoms with Gasteiger partial charge in [-0.1, -0.05) is 30.8 Å². The number of thioether (sulfide) groups is 1. The summed E-state index contributed by atoms with van der Waals surface area (Å²) in [7, 11) is -3.56. The number of sulfonamides is 1. The van der Waals surface area contributed by atoms with Gasteiger partial charge in [-0.3, -0.25) is 0 Å². The van der Waals surface area contributed by atoms with Crippen LogP contribution in [0.25, 0.3) is 11.0 Å². The van der Waals surface area contributed by atoms with E-state index in [-0.39, 0.29) is 10.7 Å². The number of aryl methyl sites for hydroxylation is 1. The van der Waals surface area contributed by atoms with Crippen molar-refractivity contribution < 1.29 is 17.5 Å². The Morgan fingerprint density at radius 3 is 2.85 bits per heavy atom. The maximum Gasteiger partial charge on any atom is 0.243 e. The van der Waals surface area contributed by atoms with Crippen LogP contribution < -0.4 is 0 Å². The highest BCUT2D eigenvalue weighted by atomic mass is 32.2. The Balaban J connectivity index is 1.63. The molecule has 184 valence electrons. The van der Waals surface area contributed by atoms with E-state index in [0.717, 1.165) is 35.5 Å². The van der Waals surface area contributed by atoms with Crippen LogP contribution in [0.1, 0.15) is 38.7 Å². The van der Waals surface area contributed by atoms with Crippen molar-refractivity contribution in [2.45, 2.75) is 55.5 Å². The number of aromatic nitrogens is 2. The fourth-order valence-corrected chi connectivity index (χ4v) is 6.93. The van der Waals surface area contributed by atoms with Crippen molar-refractivity contribution in [1.82, 2.24) is 13.9 Å². The van der Waals surface area contributed by atoms with Gasteiger partial charge >= 0.3 is 0 Å². The second-order valence-corrected chi connectivity index (χ2v) is 11.7. The second-order valence-electron chi connectivity index (χ2n) is 8.78. The third-order valence-corrected chi connectivity index (χ3v) is 8.98. The predicted octanol–water partition coefficient (Wildman–Crippen LogP) is 5.31. The third-order valence-electron chi connectivity index (χ3n) is 6.07. The smallest absolute Gasteiger partial charge is 0.243 e. The minimum absolute atomic E-state index is 0.259. The molecule has 1 saturated heterocycles. The number of fused-ring (bicyclic) bond motifs is 1. The Bertz CT molecular complexity index is 1230. The highest BCUT2D eigenvalue weighted by molar-refractivity contribution is 7.98. The summed E-state index contributed by atoms with van der Waals surface area (Å²) >= 11 is 1.52. The van der Waals surface area contributed by atoms with Crippen molar-refractivity contribution in [3.8, 4) is 0 Å². The molecule has 1 aliphatic heterocycles. The zero-order valence-corrected chi connectivity index (χ0v) is 21.4. The number of halogens is 1. The van der Waals surface area contributed by atoms with E-state index in [1.165, 1.54) is 23.9 Å². The topological polar surface area (TPSA) is 64.4 Å². The van der Waals surface area contributed by atoms with Gasteiger partial charge in [0.15, 0.2) is 5.16 Å². The van der Waals surface area contributed by atoms with E-state index in [2.05, 4.69) is 11.5 Å². The van der Waals surface area contributed by atoms with Crippen molar-refractivity contribution >= 4 is 32.8 Å². The van der Waals surface area contributed by atoms with E-state index in [1.54, 1.807) is 22.5 Å². The van der Waals surface area contributed by atoms with E-state index in [4.69, 9.17) is 9.72 Å². The monoisotopic (exact) mass is 505 g/mol. The summed E-state index contributed by atoms with van der Waals surface area (Å²) in [6.07, 6.45) is 2.76. The van der Waals surface area contributed by atoms with Crippen molar-refractivity contribution in [3.63, 3.8) is 0 Å². The van der Waals surface area contributed by atoms with E-state index in [1.807, 2.05) is 19.1 Å². The standard InChI is InChI=1S/C25H32FN3O3S2/c1-3-32-14-6-13-29-24-11-10-22(34(30,31)28-12-5-7-19(2)17-28)16-23(24)27-25(29)33-18-20-8-4-9-21(26)15-20/h4,8-11,15-16,19H,3,5-7,12-14,17-18H2,1-2H3/t19-/m1/s1. The number of rotatable bonds is 10. The fourth-order valence-electron chi connectivity index (χ4n) is 4.33. The van der Waals surface area contributed by atoms with Gasteiger partial charge in [0.2, 0.25) is 10.0 Å². The normalized spacial score (nSPS) is 17.4. The lowest BCUT2D eigenvalue weighted by molar-refractivity contribution is 0.141. The molecule has 1 fully saturated rings. The lowest BCUT2D eigenvalue weighted by Crippen LogP contribution is -2.39. The number of benzene rings is 2. The lowest BCUT2D eigenvalue weighted by atomic mass is 10.0. The Labute approximate surface area is 205 Å². The number of hydrogen-bond donors (Lipinski definition) is 0. The predicted molar refractivity (Wildman–Crippen MR) is 134 cm³/mol. The molecule has 0 radical (unpaired) electrons. The van der Waals surface area contributed by atoms with Gasteiger partial charge in [0.05, 0.1) is 15.9 Å². The number of hydrogen-bond acceptors (Lipinski definition) is 5. The van der Waals surface area contributed by atoms with Crippen LogP contribution in [0.15, 0.2) is 52.5 Å². The van der Waals surface area contributed by atoms with Crippen LogP contribution in [-0.2, 0) is 27.1 Å². The Hall–Kier alpha value is -1.94. The molecule has 0 bridgehead atoms. The summed E-state index contributed by atoms with van der Waals surface area (Å²) < 4.78 is 49.4. The summed E-state index contributed by atoms with van der Waals surface area (Å²) in [5.41, 5.74) is 2.42. The first-order valence-corrected chi connectivity index (χ1v) is 14.3. The number of ether oxygens (including phenoxy) is 1. The first-order valence-electron chi connectivity index (χ1n) is 11.8. The minimum atomic E-state index is -3.56. The molecule has 9 heteroatoms. The van der Waals surface area contributed by atoms with E-state index >= 15 is 0 Å². The molecular weight excluding hydrogens is 473 g/mol. The quantitative estimate of drug-likeness (QED) is 0.276. The molecule has 1 aliphatic rings. The van der Waals surface area contributed by atoms with Gasteiger partial charge in [-0.2, -0.15) is 4.31 Å². The summed E-state index contributed by atoms with van der Waals surface area (Å²) in [6, 6.07) is 11.8. The van der Waals surface area contributed by atoms with Gasteiger partial charge in [-0.15, -0.1) is 0 Å². The molecule has 1 atom stereocenters. The first-order chi connectivity index (χ1) is 16.4. The average molecular weight is 506 g/mol. The zero-order valence-electron chi connectivity index (χ0n) is 19.7. The molecule has 0 amide bonds. The molecule has 4 rings (SSSR count). The Morgan fingerprint density at radius 2 is 2.09 bits per heavy atom. The van der Waals surface area contributed by atoms with E-state index in [0.29, 0.717) is 50.0 Å². The summed E-state index contributed by atoms with van der Waals surface area (Å²) in [4.78, 5) is 5.08. The second kappa shape index (κ2) is 11.2. The third kappa shape index (κ3) is 5.82. The fraction of sp³-hybridized carbons (Fsp3) is 0.480. The highest BCUT2D eigenvalue weighted by Gasteiger charge is 2.29. The Kier molecular flexibility index (Phi) is 8.29. The minimum Gasteiger partial charge on any atom is -0.382 e. The molecule has 1 aromatic heterocycles. The van der Waals surface area contributed by atoms with Crippen molar-refractivity contribution in [2.24, 2.45) is 5.92 Å². The number of nitrogens with zero attached hydrogens (tertiary/aromatic N) is 3. The lowest BCUT2D eigenvalue weighted by Gasteiger charge is -2.30. The van der Waals surface area contributed by atoms with Gasteiger partial charge in [-0.05, 0) is 68.0 Å². The molecule has 0 N–H and O–H groups in total. The molecule has 0 aliphatic carbocycles. The SMILES string of the molecule is CCOCCCn1c(SCc2cccc(F)c2)nc2cc(S(=O)(=O)N3CCC[C@@H](C)C3)ccc21. The van der Waals surface area contributed by atoms with Crippen LogP contribution in [0.3, 0.4) is 0 Å². The van der Waals surface area contributed by atoms with E-state index < -0.39 is 10.0 Å². The molecule has 6 nitrogen and oxygen atoms in total. The van der Waals surface area contributed by atoms with Gasteiger partial charge in [0.1, 0.15) is 5.82 Å². The Morgan fingerprint density at radius 1 is 1.24 bits per heavy atom. The molecule has 2 heterocycles. The van der Waals surface area contributed by atoms with Crippen LogP contribution in [-0.4, -0.2) is 48.6 Å². The summed E-state index contributed by atoms with van der Waals surface area (Å²) in [5.74, 6) is 0.677. The van der Waals surface area contributed by atoms with E-state index in [9.17, 15) is 12.8 Å². The van der Waals surface area contributed by atoms with Gasteiger partial charge in [-0.25, -0.2) is 17.8 Å². The van der Waals surface area contributed by atoms with Crippen LogP contribution in [0, 0.1) is 11.7 Å². The number of imidazole rings is 1. The summed E-state index contributed by atoms with van der Waals surface area (Å²) in [6.45, 7) is 7.20. The van der Waals surface area contributed by atoms with Crippen LogP contribution in [0.4, 0.5) is 4.39 Å². The highest BCUT2D eigenvalue weighted by Crippen LogP contribution is 2.30. The zero-order chi connectivity index (χ0) is 24.1. The largest absolute Gasteiger partial charge is 0.382 e. The molecule has 0 saturated carbocycles. The molecule has 0 spiro atoms. The van der Waals surface area contributed by atoms with Crippen LogP contribution >= 0.6 is 11.8 Å². The van der Waals surface area contributed by atoms with Crippen LogP contribution in [0.2, 0.25) is 0 Å². The molecule has 3 aromatic rings. The molecule has 0 unspecified atom stereocenters. The van der Waals surface area contributed by atoms with Gasteiger partial charge in [0.25, 0.3) is 0 Å². The van der Waals surface area contributed by atoms with Crippen molar-refractivity contribution in [1.29, 1.82) is 0 Å². The molecule has 34 heavy (non-hydrogen) atoms. The maximum absolute atomic E-state index is 13.6. The average Bonchev–Trinajstić information content (AvgIpc) is 3.17. The molecular formula is C25H32FN3O3S2. The first kappa shape index (κ1) is 25.2. The summed E-state index contributed by atoms with van der Waals surface area (Å²) in [5, 5.41) is 0.789. The van der Waals surface area contributed by atoms with Crippen LogP contribution in [0.5, 0.6) is 0 Å². The van der Waals surface area contributed by atoms with Gasteiger partial charge < -0.3 is 9.30 Å².